The van der Waals surface area contributed by atoms with Gasteiger partial charge >= 0.3 is 0 Å². The average molecular weight is 351 g/mol. The molecule has 2 aromatic carbocycles. The molecule has 0 amide bonds. The molecule has 0 heterocycles. The maximum Gasteiger partial charge on any atom is 0.123 e. The Labute approximate surface area is 134 Å². The van der Waals surface area contributed by atoms with Gasteiger partial charge in [-0.3, -0.25) is 0 Å². The van der Waals surface area contributed by atoms with E-state index >= 15 is 0 Å². The Balaban J connectivity index is 1.96. The number of rotatable bonds is 6. The molecular weight excluding hydrogens is 331 g/mol. The van der Waals surface area contributed by atoms with Crippen LogP contribution in [0.1, 0.15) is 17.2 Å². The first-order valence-corrected chi connectivity index (χ1v) is 7.72. The standard InChI is InChI=1S/C17H20BrFN2/c1-21(2)17(14-6-8-16(19)9-7-14)12-20-11-13-4-3-5-15(18)10-13/h3-10,17,20H,11-12H2,1-2H3. The molecule has 2 nitrogen and oxygen atoms in total. The van der Waals surface area contributed by atoms with Gasteiger partial charge in [-0.1, -0.05) is 40.2 Å². The van der Waals surface area contributed by atoms with Crippen LogP contribution in [-0.4, -0.2) is 25.5 Å². The summed E-state index contributed by atoms with van der Waals surface area (Å²) in [6, 6.07) is 15.2. The van der Waals surface area contributed by atoms with Gasteiger partial charge in [0.2, 0.25) is 0 Å². The first-order chi connectivity index (χ1) is 10.1. The van der Waals surface area contributed by atoms with E-state index in [2.05, 4.69) is 38.3 Å². The molecule has 0 saturated carbocycles. The molecule has 0 aliphatic rings. The lowest BCUT2D eigenvalue weighted by Crippen LogP contribution is -2.30. The molecule has 1 atom stereocenters. The number of likely N-dealkylation sites (N-methyl/N-ethyl adjacent to an activating group) is 1. The fourth-order valence-corrected chi connectivity index (χ4v) is 2.73. The summed E-state index contributed by atoms with van der Waals surface area (Å²) in [6.07, 6.45) is 0. The van der Waals surface area contributed by atoms with E-state index in [4.69, 9.17) is 0 Å². The molecule has 1 unspecified atom stereocenters. The Bertz CT molecular complexity index is 569. The molecule has 1 N–H and O–H groups in total. The predicted octanol–water partition coefficient (Wildman–Crippen LogP) is 3.98. The highest BCUT2D eigenvalue weighted by atomic mass is 79.9. The smallest absolute Gasteiger partial charge is 0.123 e. The first-order valence-electron chi connectivity index (χ1n) is 6.93. The second-order valence-electron chi connectivity index (χ2n) is 5.29. The second-order valence-corrected chi connectivity index (χ2v) is 6.21. The van der Waals surface area contributed by atoms with E-state index in [9.17, 15) is 4.39 Å². The van der Waals surface area contributed by atoms with Crippen molar-refractivity contribution in [3.05, 3.63) is 69.9 Å². The van der Waals surface area contributed by atoms with Crippen molar-refractivity contribution in [3.63, 3.8) is 0 Å². The fraction of sp³-hybridized carbons (Fsp3) is 0.294. The number of hydrogen-bond donors (Lipinski definition) is 1. The van der Waals surface area contributed by atoms with Crippen LogP contribution < -0.4 is 5.32 Å². The number of nitrogens with zero attached hydrogens (tertiary/aromatic N) is 1. The molecule has 2 rings (SSSR count). The van der Waals surface area contributed by atoms with Crippen molar-refractivity contribution in [2.75, 3.05) is 20.6 Å². The third-order valence-corrected chi connectivity index (χ3v) is 3.93. The maximum atomic E-state index is 13.0. The predicted molar refractivity (Wildman–Crippen MR) is 88.7 cm³/mol. The highest BCUT2D eigenvalue weighted by Crippen LogP contribution is 2.18. The van der Waals surface area contributed by atoms with Crippen LogP contribution in [0.25, 0.3) is 0 Å². The SMILES string of the molecule is CN(C)C(CNCc1cccc(Br)c1)c1ccc(F)cc1. The summed E-state index contributed by atoms with van der Waals surface area (Å²) in [5.41, 5.74) is 2.35. The molecule has 0 saturated heterocycles. The van der Waals surface area contributed by atoms with Crippen LogP contribution in [0.3, 0.4) is 0 Å². The van der Waals surface area contributed by atoms with Crippen molar-refractivity contribution in [2.45, 2.75) is 12.6 Å². The summed E-state index contributed by atoms with van der Waals surface area (Å²) in [6.45, 7) is 1.62. The number of halogens is 2. The van der Waals surface area contributed by atoms with Gasteiger partial charge in [-0.05, 0) is 49.5 Å². The van der Waals surface area contributed by atoms with Crippen LogP contribution in [0.15, 0.2) is 53.0 Å². The summed E-state index contributed by atoms with van der Waals surface area (Å²) in [5.74, 6) is -0.196. The van der Waals surface area contributed by atoms with Gasteiger partial charge in [0, 0.05) is 23.6 Å². The van der Waals surface area contributed by atoms with Crippen LogP contribution in [0, 0.1) is 5.82 Å². The Kier molecular flexibility index (Phi) is 5.91. The van der Waals surface area contributed by atoms with E-state index in [0.29, 0.717) is 0 Å². The van der Waals surface area contributed by atoms with E-state index in [-0.39, 0.29) is 11.9 Å². The third kappa shape index (κ3) is 4.92. The highest BCUT2D eigenvalue weighted by Gasteiger charge is 2.13. The lowest BCUT2D eigenvalue weighted by Gasteiger charge is -2.25. The summed E-state index contributed by atoms with van der Waals surface area (Å²) in [5, 5.41) is 3.47. The minimum absolute atomic E-state index is 0.196. The number of benzene rings is 2. The first kappa shape index (κ1) is 16.1. The van der Waals surface area contributed by atoms with Crippen molar-refractivity contribution in [3.8, 4) is 0 Å². The Hall–Kier alpha value is -1.23. The van der Waals surface area contributed by atoms with Crippen molar-refractivity contribution in [1.82, 2.24) is 10.2 Å². The van der Waals surface area contributed by atoms with Gasteiger partial charge in [0.1, 0.15) is 5.82 Å². The minimum atomic E-state index is -0.196. The van der Waals surface area contributed by atoms with E-state index in [1.54, 1.807) is 0 Å². The third-order valence-electron chi connectivity index (χ3n) is 3.43. The van der Waals surface area contributed by atoms with Gasteiger partial charge in [0.15, 0.2) is 0 Å². The zero-order valence-corrected chi connectivity index (χ0v) is 13.9. The Morgan fingerprint density at radius 3 is 2.48 bits per heavy atom. The lowest BCUT2D eigenvalue weighted by molar-refractivity contribution is 0.288. The molecule has 4 heteroatoms. The van der Waals surface area contributed by atoms with Gasteiger partial charge in [-0.15, -0.1) is 0 Å². The van der Waals surface area contributed by atoms with Crippen LogP contribution >= 0.6 is 15.9 Å². The molecule has 0 radical (unpaired) electrons. The highest BCUT2D eigenvalue weighted by molar-refractivity contribution is 9.10. The van der Waals surface area contributed by atoms with Crippen LogP contribution in [0.5, 0.6) is 0 Å². The second kappa shape index (κ2) is 7.69. The van der Waals surface area contributed by atoms with E-state index in [0.717, 1.165) is 23.1 Å². The minimum Gasteiger partial charge on any atom is -0.311 e. The van der Waals surface area contributed by atoms with Crippen LogP contribution in [0.4, 0.5) is 4.39 Å². The quantitative estimate of drug-likeness (QED) is 0.847. The summed E-state index contributed by atoms with van der Waals surface area (Å²) in [7, 11) is 4.07. The molecule has 112 valence electrons. The van der Waals surface area contributed by atoms with Gasteiger partial charge in [0.25, 0.3) is 0 Å². The van der Waals surface area contributed by atoms with Crippen LogP contribution in [0.2, 0.25) is 0 Å². The van der Waals surface area contributed by atoms with Crippen molar-refractivity contribution >= 4 is 15.9 Å². The fourth-order valence-electron chi connectivity index (χ4n) is 2.28. The normalized spacial score (nSPS) is 12.6. The van der Waals surface area contributed by atoms with Gasteiger partial charge < -0.3 is 10.2 Å². The maximum absolute atomic E-state index is 13.0. The van der Waals surface area contributed by atoms with Crippen LogP contribution in [-0.2, 0) is 6.54 Å². The van der Waals surface area contributed by atoms with Crippen molar-refractivity contribution < 1.29 is 4.39 Å². The molecule has 0 aliphatic heterocycles. The molecule has 0 fully saturated rings. The molecule has 0 spiro atoms. The van der Waals surface area contributed by atoms with Crippen molar-refractivity contribution in [2.24, 2.45) is 0 Å². The average Bonchev–Trinajstić information content (AvgIpc) is 2.45. The molecular formula is C17H20BrFN2. The van der Waals surface area contributed by atoms with E-state index < -0.39 is 0 Å². The summed E-state index contributed by atoms with van der Waals surface area (Å²) >= 11 is 3.48. The largest absolute Gasteiger partial charge is 0.311 e. The van der Waals surface area contributed by atoms with E-state index in [1.165, 1.54) is 17.7 Å². The summed E-state index contributed by atoms with van der Waals surface area (Å²) < 4.78 is 14.1. The van der Waals surface area contributed by atoms with Crippen molar-refractivity contribution in [1.29, 1.82) is 0 Å². The van der Waals surface area contributed by atoms with Gasteiger partial charge in [-0.25, -0.2) is 4.39 Å². The zero-order chi connectivity index (χ0) is 15.2. The zero-order valence-electron chi connectivity index (χ0n) is 12.3. The summed E-state index contributed by atoms with van der Waals surface area (Å²) in [4.78, 5) is 2.14. The Morgan fingerprint density at radius 1 is 1.14 bits per heavy atom. The molecule has 0 aromatic heterocycles. The topological polar surface area (TPSA) is 15.3 Å². The molecule has 0 bridgehead atoms. The Morgan fingerprint density at radius 2 is 1.86 bits per heavy atom. The van der Waals surface area contributed by atoms with Gasteiger partial charge in [-0.2, -0.15) is 0 Å². The monoisotopic (exact) mass is 350 g/mol. The number of nitrogens with one attached hydrogen (secondary N) is 1. The van der Waals surface area contributed by atoms with E-state index in [1.807, 2.05) is 38.4 Å². The molecule has 21 heavy (non-hydrogen) atoms. The van der Waals surface area contributed by atoms with Gasteiger partial charge in [0.05, 0.1) is 0 Å². The lowest BCUT2D eigenvalue weighted by atomic mass is 10.1. The molecule has 0 aliphatic carbocycles. The number of hydrogen-bond acceptors (Lipinski definition) is 2. The molecule has 2 aromatic rings.